The third-order valence-electron chi connectivity index (χ3n) is 7.34. The molecule has 7 nitrogen and oxygen atoms in total. The summed E-state index contributed by atoms with van der Waals surface area (Å²) in [6.07, 6.45) is -5.06. The number of nitrogens with zero attached hydrogens (tertiary/aromatic N) is 2. The van der Waals surface area contributed by atoms with Gasteiger partial charge < -0.3 is 14.5 Å². The van der Waals surface area contributed by atoms with Gasteiger partial charge in [-0.05, 0) is 36.8 Å². The van der Waals surface area contributed by atoms with Gasteiger partial charge in [-0.25, -0.2) is 4.39 Å². The summed E-state index contributed by atoms with van der Waals surface area (Å²) in [6.45, 7) is 1.19. The monoisotopic (exact) mass is 491 g/mol. The van der Waals surface area contributed by atoms with E-state index >= 15 is 0 Å². The van der Waals surface area contributed by atoms with Gasteiger partial charge in [0.2, 0.25) is 5.91 Å². The van der Waals surface area contributed by atoms with Crippen LogP contribution in [0.25, 0.3) is 0 Å². The Morgan fingerprint density at radius 3 is 2.31 bits per heavy atom. The molecule has 35 heavy (non-hydrogen) atoms. The van der Waals surface area contributed by atoms with Crippen molar-refractivity contribution < 1.29 is 36.7 Å². The molecule has 2 aromatic rings. The van der Waals surface area contributed by atoms with E-state index in [0.29, 0.717) is 0 Å². The Labute approximate surface area is 197 Å². The molecule has 2 amide bonds. The summed E-state index contributed by atoms with van der Waals surface area (Å²) in [6, 6.07) is 6.71. The van der Waals surface area contributed by atoms with Crippen molar-refractivity contribution in [1.82, 2.24) is 5.32 Å². The van der Waals surface area contributed by atoms with Crippen LogP contribution < -0.4 is 15.1 Å². The lowest BCUT2D eigenvalue weighted by Gasteiger charge is -2.40. The molecular formula is C24H21F4N3O4. The minimum Gasteiger partial charge on any atom is -0.466 e. The Balaban J connectivity index is 1.96. The zero-order valence-electron chi connectivity index (χ0n) is 18.9. The van der Waals surface area contributed by atoms with Gasteiger partial charge in [0.05, 0.1) is 6.61 Å². The molecule has 1 N–H and O–H groups in total. The van der Waals surface area contributed by atoms with Crippen LogP contribution in [0, 0.1) is 11.7 Å². The minimum absolute atomic E-state index is 0.0589. The van der Waals surface area contributed by atoms with Crippen molar-refractivity contribution in [2.75, 3.05) is 30.5 Å². The van der Waals surface area contributed by atoms with Crippen LogP contribution in [0.15, 0.2) is 42.5 Å². The second kappa shape index (κ2) is 7.27. The number of amides is 2. The fraction of sp³-hybridized carbons (Fsp3) is 0.375. The number of fused-ring (bicyclic) bond motifs is 5. The number of nitrogens with one attached hydrogen (secondary N) is 1. The average Bonchev–Trinajstić information content (AvgIpc) is 3.33. The topological polar surface area (TPSA) is 79.0 Å². The molecule has 1 saturated heterocycles. The number of hydrogen-bond acceptors (Lipinski definition) is 5. The first kappa shape index (κ1) is 23.3. The molecule has 5 rings (SSSR count). The highest BCUT2D eigenvalue weighted by Gasteiger charge is 2.82. The molecule has 0 aliphatic carbocycles. The lowest BCUT2D eigenvalue weighted by molar-refractivity contribution is -0.179. The van der Waals surface area contributed by atoms with E-state index in [1.807, 2.05) is 0 Å². The normalized spacial score (nSPS) is 29.3. The summed E-state index contributed by atoms with van der Waals surface area (Å²) >= 11 is 0. The highest BCUT2D eigenvalue weighted by molar-refractivity contribution is 6.20. The van der Waals surface area contributed by atoms with Gasteiger partial charge in [-0.2, -0.15) is 13.2 Å². The molecule has 0 unspecified atom stereocenters. The van der Waals surface area contributed by atoms with E-state index in [4.69, 9.17) is 4.74 Å². The Kier molecular flexibility index (Phi) is 4.83. The Bertz CT molecular complexity index is 1280. The fourth-order valence-corrected chi connectivity index (χ4v) is 6.08. The number of carbonyl (C=O) groups excluding carboxylic acids is 3. The van der Waals surface area contributed by atoms with Crippen molar-refractivity contribution in [2.24, 2.45) is 5.92 Å². The zero-order valence-corrected chi connectivity index (χ0v) is 18.9. The second-order valence-corrected chi connectivity index (χ2v) is 8.86. The molecule has 3 heterocycles. The van der Waals surface area contributed by atoms with Crippen LogP contribution >= 0.6 is 0 Å². The first-order valence-corrected chi connectivity index (χ1v) is 10.9. The van der Waals surface area contributed by atoms with Crippen molar-refractivity contribution in [2.45, 2.75) is 30.1 Å². The molecule has 184 valence electrons. The van der Waals surface area contributed by atoms with Crippen molar-refractivity contribution >= 4 is 29.2 Å². The van der Waals surface area contributed by atoms with E-state index in [9.17, 15) is 31.9 Å². The number of likely N-dealkylation sites (N-methyl/N-ethyl adjacent to an activating group) is 2. The molecular weight excluding hydrogens is 470 g/mol. The largest absolute Gasteiger partial charge is 0.466 e. The number of hydrogen-bond donors (Lipinski definition) is 1. The van der Waals surface area contributed by atoms with E-state index in [0.717, 1.165) is 21.9 Å². The Hall–Kier alpha value is -3.47. The lowest BCUT2D eigenvalue weighted by Crippen LogP contribution is -2.63. The number of carbonyl (C=O) groups is 3. The van der Waals surface area contributed by atoms with Crippen LogP contribution in [0.5, 0.6) is 0 Å². The number of ether oxygens (including phenoxy) is 1. The maximum absolute atomic E-state index is 14.6. The van der Waals surface area contributed by atoms with Gasteiger partial charge >= 0.3 is 12.1 Å². The third kappa shape index (κ3) is 2.61. The molecule has 11 heteroatoms. The standard InChI is InChI=1S/C24H21F4N3O4/c1-4-35-19(32)17-18(24(26,27)28)29-23(14-11-12(25)9-10-16(14)31(3)21(23)34)22(17)13-7-5-6-8-15(13)30(2)20(22)33/h5-11,17-18,29H,4H2,1-3H3/t17-,18-,22+,23+/m1/s1. The van der Waals surface area contributed by atoms with Gasteiger partial charge in [0, 0.05) is 31.0 Å². The van der Waals surface area contributed by atoms with Crippen LogP contribution in [-0.2, 0) is 30.1 Å². The Morgan fingerprint density at radius 2 is 1.66 bits per heavy atom. The lowest BCUT2D eigenvalue weighted by atomic mass is 9.58. The number of anilines is 2. The predicted octanol–water partition coefficient (Wildman–Crippen LogP) is 2.63. The van der Waals surface area contributed by atoms with E-state index in [1.54, 1.807) is 6.07 Å². The van der Waals surface area contributed by atoms with E-state index in [-0.39, 0.29) is 29.1 Å². The van der Waals surface area contributed by atoms with Gasteiger partial charge in [-0.15, -0.1) is 0 Å². The number of esters is 1. The molecule has 3 aliphatic heterocycles. The summed E-state index contributed by atoms with van der Waals surface area (Å²) in [7, 11) is 2.70. The zero-order chi connectivity index (χ0) is 25.5. The van der Waals surface area contributed by atoms with E-state index in [2.05, 4.69) is 5.32 Å². The molecule has 1 fully saturated rings. The molecule has 0 aromatic heterocycles. The van der Waals surface area contributed by atoms with Crippen LogP contribution in [0.3, 0.4) is 0 Å². The SMILES string of the molecule is CCOC(=O)[C@H]1[C@H](C(F)(F)F)N[C@@]2(C(=O)N(C)c3ccc(F)cc32)[C@]12C(=O)N(C)c1ccccc12. The highest BCUT2D eigenvalue weighted by atomic mass is 19.4. The van der Waals surface area contributed by atoms with Crippen molar-refractivity contribution in [3.05, 3.63) is 59.4 Å². The van der Waals surface area contributed by atoms with Gasteiger partial charge in [0.15, 0.2) is 0 Å². The summed E-state index contributed by atoms with van der Waals surface area (Å²) in [5.41, 5.74) is -4.53. The van der Waals surface area contributed by atoms with Crippen molar-refractivity contribution in [1.29, 1.82) is 0 Å². The van der Waals surface area contributed by atoms with Crippen LogP contribution in [-0.4, -0.2) is 50.7 Å². The molecule has 2 aromatic carbocycles. The smallest absolute Gasteiger partial charge is 0.404 e. The second-order valence-electron chi connectivity index (χ2n) is 8.86. The highest BCUT2D eigenvalue weighted by Crippen LogP contribution is 2.65. The van der Waals surface area contributed by atoms with Crippen molar-refractivity contribution in [3.8, 4) is 0 Å². The number of para-hydroxylation sites is 1. The van der Waals surface area contributed by atoms with Gasteiger partial charge in [-0.1, -0.05) is 18.2 Å². The van der Waals surface area contributed by atoms with Gasteiger partial charge in [0.25, 0.3) is 5.91 Å². The molecule has 0 saturated carbocycles. The predicted molar refractivity (Wildman–Crippen MR) is 116 cm³/mol. The number of alkyl halides is 3. The molecule has 2 spiro atoms. The van der Waals surface area contributed by atoms with Crippen LogP contribution in [0.4, 0.5) is 28.9 Å². The first-order valence-electron chi connectivity index (χ1n) is 10.9. The number of rotatable bonds is 2. The fourth-order valence-electron chi connectivity index (χ4n) is 6.08. The maximum Gasteiger partial charge on any atom is 0.404 e. The molecule has 0 radical (unpaired) electrons. The quantitative estimate of drug-likeness (QED) is 0.516. The first-order chi connectivity index (χ1) is 16.4. The van der Waals surface area contributed by atoms with E-state index < -0.39 is 52.7 Å². The number of halogens is 4. The van der Waals surface area contributed by atoms with Crippen LogP contribution in [0.1, 0.15) is 18.1 Å². The molecule has 4 atom stereocenters. The summed E-state index contributed by atoms with van der Waals surface area (Å²) in [5.74, 6) is -6.04. The number of benzene rings is 2. The summed E-state index contributed by atoms with van der Waals surface area (Å²) in [4.78, 5) is 43.6. The molecule has 3 aliphatic rings. The third-order valence-corrected chi connectivity index (χ3v) is 7.34. The average molecular weight is 491 g/mol. The Morgan fingerprint density at radius 1 is 1.03 bits per heavy atom. The van der Waals surface area contributed by atoms with Gasteiger partial charge in [-0.3, -0.25) is 19.7 Å². The summed E-state index contributed by atoms with van der Waals surface area (Å²) in [5, 5.41) is 2.35. The molecule has 0 bridgehead atoms. The van der Waals surface area contributed by atoms with Crippen molar-refractivity contribution in [3.63, 3.8) is 0 Å². The van der Waals surface area contributed by atoms with Gasteiger partial charge in [0.1, 0.15) is 28.7 Å². The van der Waals surface area contributed by atoms with E-state index in [1.165, 1.54) is 45.3 Å². The summed E-state index contributed by atoms with van der Waals surface area (Å²) < 4.78 is 63.3. The van der Waals surface area contributed by atoms with Crippen LogP contribution in [0.2, 0.25) is 0 Å². The minimum atomic E-state index is -5.06. The maximum atomic E-state index is 14.6.